The van der Waals surface area contributed by atoms with Crippen molar-refractivity contribution >= 4 is 0 Å². The lowest BCUT2D eigenvalue weighted by atomic mass is 10.00. The van der Waals surface area contributed by atoms with E-state index < -0.39 is 0 Å². The first-order valence-corrected chi connectivity index (χ1v) is 6.93. The van der Waals surface area contributed by atoms with Gasteiger partial charge in [-0.1, -0.05) is 6.08 Å². The molecule has 112 valence electrons. The summed E-state index contributed by atoms with van der Waals surface area (Å²) < 4.78 is 10.5. The zero-order valence-corrected chi connectivity index (χ0v) is 12.2. The van der Waals surface area contributed by atoms with Crippen molar-refractivity contribution < 1.29 is 14.6 Å². The SMILES string of the molecule is C=CCc1cc([C@H](C#N)N2CCOCC2)cc(OC)c1O. The lowest BCUT2D eigenvalue weighted by Crippen LogP contribution is -2.38. The van der Waals surface area contributed by atoms with Gasteiger partial charge in [0.15, 0.2) is 11.5 Å². The quantitative estimate of drug-likeness (QED) is 0.840. The zero-order chi connectivity index (χ0) is 15.2. The smallest absolute Gasteiger partial charge is 0.161 e. The summed E-state index contributed by atoms with van der Waals surface area (Å²) in [6.07, 6.45) is 2.24. The molecule has 0 amide bonds. The number of rotatable bonds is 5. The Morgan fingerprint density at radius 1 is 1.52 bits per heavy atom. The molecule has 0 aromatic heterocycles. The standard InChI is InChI=1S/C16H20N2O3/c1-3-4-12-9-13(10-15(20-2)16(12)19)14(11-17)18-5-7-21-8-6-18/h3,9-10,14,19H,1,4-8H2,2H3/t14-/m0/s1. The van der Waals surface area contributed by atoms with Crippen LogP contribution in [-0.2, 0) is 11.2 Å². The average Bonchev–Trinajstić information content (AvgIpc) is 2.52. The topological polar surface area (TPSA) is 65.7 Å². The third kappa shape index (κ3) is 3.35. The average molecular weight is 288 g/mol. The van der Waals surface area contributed by atoms with E-state index in [1.165, 1.54) is 7.11 Å². The van der Waals surface area contributed by atoms with Crippen LogP contribution in [0.5, 0.6) is 11.5 Å². The third-order valence-corrected chi connectivity index (χ3v) is 3.61. The number of aromatic hydroxyl groups is 1. The van der Waals surface area contributed by atoms with Gasteiger partial charge in [-0.25, -0.2) is 0 Å². The van der Waals surface area contributed by atoms with Gasteiger partial charge in [-0.05, 0) is 24.1 Å². The molecule has 1 aliphatic heterocycles. The van der Waals surface area contributed by atoms with E-state index in [9.17, 15) is 10.4 Å². The molecular weight excluding hydrogens is 268 g/mol. The molecular formula is C16H20N2O3. The summed E-state index contributed by atoms with van der Waals surface area (Å²) >= 11 is 0. The summed E-state index contributed by atoms with van der Waals surface area (Å²) in [5.74, 6) is 0.498. The second-order valence-corrected chi connectivity index (χ2v) is 4.90. The highest BCUT2D eigenvalue weighted by atomic mass is 16.5. The molecule has 0 saturated carbocycles. The van der Waals surface area contributed by atoms with Crippen molar-refractivity contribution in [2.75, 3.05) is 33.4 Å². The normalized spacial score (nSPS) is 17.0. The molecule has 0 bridgehead atoms. The van der Waals surface area contributed by atoms with E-state index in [2.05, 4.69) is 17.5 Å². The molecule has 5 nitrogen and oxygen atoms in total. The van der Waals surface area contributed by atoms with Crippen molar-refractivity contribution in [2.24, 2.45) is 0 Å². The maximum absolute atomic E-state index is 10.1. The Bertz CT molecular complexity index is 545. The summed E-state index contributed by atoms with van der Waals surface area (Å²) in [5, 5.41) is 19.6. The van der Waals surface area contributed by atoms with E-state index in [0.717, 1.165) is 18.7 Å². The highest BCUT2D eigenvalue weighted by Crippen LogP contribution is 2.35. The number of allylic oxidation sites excluding steroid dienone is 1. The molecule has 5 heteroatoms. The summed E-state index contributed by atoms with van der Waals surface area (Å²) in [4.78, 5) is 2.08. The molecule has 1 saturated heterocycles. The third-order valence-electron chi connectivity index (χ3n) is 3.61. The Kier molecular flexibility index (Phi) is 5.20. The van der Waals surface area contributed by atoms with Gasteiger partial charge in [-0.2, -0.15) is 5.26 Å². The first kappa shape index (κ1) is 15.4. The monoisotopic (exact) mass is 288 g/mol. The number of hydrogen-bond donors (Lipinski definition) is 1. The van der Waals surface area contributed by atoms with E-state index in [0.29, 0.717) is 30.9 Å². The molecule has 1 aromatic rings. The molecule has 1 fully saturated rings. The summed E-state index contributed by atoms with van der Waals surface area (Å²) in [5.41, 5.74) is 1.54. The molecule has 1 atom stereocenters. The molecule has 21 heavy (non-hydrogen) atoms. The van der Waals surface area contributed by atoms with Crippen LogP contribution in [-0.4, -0.2) is 43.4 Å². The van der Waals surface area contributed by atoms with Gasteiger partial charge in [-0.15, -0.1) is 6.58 Å². The van der Waals surface area contributed by atoms with Gasteiger partial charge >= 0.3 is 0 Å². The number of hydrogen-bond acceptors (Lipinski definition) is 5. The van der Waals surface area contributed by atoms with Crippen molar-refractivity contribution in [3.8, 4) is 17.6 Å². The Morgan fingerprint density at radius 2 is 2.24 bits per heavy atom. The number of phenolic OH excluding ortho intramolecular Hbond substituents is 1. The fourth-order valence-corrected chi connectivity index (χ4v) is 2.52. The van der Waals surface area contributed by atoms with Gasteiger partial charge in [-0.3, -0.25) is 4.90 Å². The van der Waals surface area contributed by atoms with Gasteiger partial charge in [0, 0.05) is 18.7 Å². The molecule has 1 N–H and O–H groups in total. The van der Waals surface area contributed by atoms with Crippen molar-refractivity contribution in [1.29, 1.82) is 5.26 Å². The molecule has 0 spiro atoms. The van der Waals surface area contributed by atoms with Gasteiger partial charge in [0.1, 0.15) is 6.04 Å². The number of nitrogens with zero attached hydrogens (tertiary/aromatic N) is 2. The van der Waals surface area contributed by atoms with Crippen molar-refractivity contribution in [3.63, 3.8) is 0 Å². The van der Waals surface area contributed by atoms with Crippen LogP contribution in [0.4, 0.5) is 0 Å². The second-order valence-electron chi connectivity index (χ2n) is 4.90. The summed E-state index contributed by atoms with van der Waals surface area (Å²) in [6, 6.07) is 5.54. The van der Waals surface area contributed by atoms with E-state index in [-0.39, 0.29) is 11.8 Å². The highest BCUT2D eigenvalue weighted by Gasteiger charge is 2.24. The van der Waals surface area contributed by atoms with Crippen LogP contribution in [0, 0.1) is 11.3 Å². The predicted molar refractivity (Wildman–Crippen MR) is 79.3 cm³/mol. The van der Waals surface area contributed by atoms with Crippen LogP contribution in [0.1, 0.15) is 17.2 Å². The van der Waals surface area contributed by atoms with E-state index in [4.69, 9.17) is 9.47 Å². The lowest BCUT2D eigenvalue weighted by molar-refractivity contribution is 0.0266. The largest absolute Gasteiger partial charge is 0.504 e. The van der Waals surface area contributed by atoms with E-state index >= 15 is 0 Å². The number of nitriles is 1. The van der Waals surface area contributed by atoms with Crippen LogP contribution < -0.4 is 4.74 Å². The fourth-order valence-electron chi connectivity index (χ4n) is 2.52. The van der Waals surface area contributed by atoms with Crippen molar-refractivity contribution in [1.82, 2.24) is 4.90 Å². The molecule has 1 aliphatic rings. The Labute approximate surface area is 125 Å². The molecule has 0 unspecified atom stereocenters. The number of morpholine rings is 1. The first-order chi connectivity index (χ1) is 10.2. The number of methoxy groups -OCH3 is 1. The van der Waals surface area contributed by atoms with Crippen LogP contribution >= 0.6 is 0 Å². The highest BCUT2D eigenvalue weighted by molar-refractivity contribution is 5.50. The molecule has 1 aromatic carbocycles. The van der Waals surface area contributed by atoms with Gasteiger partial charge in [0.2, 0.25) is 0 Å². The van der Waals surface area contributed by atoms with E-state index in [1.807, 2.05) is 6.07 Å². The van der Waals surface area contributed by atoms with Gasteiger partial charge < -0.3 is 14.6 Å². The first-order valence-electron chi connectivity index (χ1n) is 6.93. The van der Waals surface area contributed by atoms with Crippen LogP contribution in [0.3, 0.4) is 0 Å². The van der Waals surface area contributed by atoms with Crippen LogP contribution in [0.15, 0.2) is 24.8 Å². The number of phenols is 1. The Balaban J connectivity index is 2.38. The fraction of sp³-hybridized carbons (Fsp3) is 0.438. The predicted octanol–water partition coefficient (Wildman–Crippen LogP) is 2.03. The number of benzene rings is 1. The van der Waals surface area contributed by atoms with Crippen molar-refractivity contribution in [2.45, 2.75) is 12.5 Å². The Hall–Kier alpha value is -2.03. The second kappa shape index (κ2) is 7.11. The minimum Gasteiger partial charge on any atom is -0.504 e. The molecule has 1 heterocycles. The van der Waals surface area contributed by atoms with Crippen molar-refractivity contribution in [3.05, 3.63) is 35.9 Å². The van der Waals surface area contributed by atoms with E-state index in [1.54, 1.807) is 12.1 Å². The molecule has 0 radical (unpaired) electrons. The molecule has 2 rings (SSSR count). The lowest BCUT2D eigenvalue weighted by Gasteiger charge is -2.31. The summed E-state index contributed by atoms with van der Waals surface area (Å²) in [6.45, 7) is 6.40. The zero-order valence-electron chi connectivity index (χ0n) is 12.2. The van der Waals surface area contributed by atoms with Gasteiger partial charge in [0.05, 0.1) is 26.4 Å². The molecule has 0 aliphatic carbocycles. The van der Waals surface area contributed by atoms with Crippen LogP contribution in [0.25, 0.3) is 0 Å². The minimum atomic E-state index is -0.369. The Morgan fingerprint density at radius 3 is 2.81 bits per heavy atom. The number of ether oxygens (including phenoxy) is 2. The maximum Gasteiger partial charge on any atom is 0.161 e. The summed E-state index contributed by atoms with van der Waals surface area (Å²) in [7, 11) is 1.51. The minimum absolute atomic E-state index is 0.111. The van der Waals surface area contributed by atoms with Crippen LogP contribution in [0.2, 0.25) is 0 Å². The maximum atomic E-state index is 10.1. The van der Waals surface area contributed by atoms with Gasteiger partial charge in [0.25, 0.3) is 0 Å².